The fourth-order valence-corrected chi connectivity index (χ4v) is 5.10. The van der Waals surface area contributed by atoms with Crippen molar-refractivity contribution in [3.05, 3.63) is 87.8 Å². The third-order valence-corrected chi connectivity index (χ3v) is 6.77. The monoisotopic (exact) mass is 473 g/mol. The summed E-state index contributed by atoms with van der Waals surface area (Å²) in [6.45, 7) is 1.58. The largest absolute Gasteiger partial charge is 0.497 e. The highest BCUT2D eigenvalue weighted by Gasteiger charge is 2.37. The first kappa shape index (κ1) is 22.7. The van der Waals surface area contributed by atoms with Crippen LogP contribution in [0, 0.1) is 5.92 Å². The maximum absolute atomic E-state index is 13.4. The molecule has 3 aromatic rings. The van der Waals surface area contributed by atoms with Gasteiger partial charge in [-0.15, -0.1) is 0 Å². The summed E-state index contributed by atoms with van der Waals surface area (Å²) in [6.07, 6.45) is 0.917. The lowest BCUT2D eigenvalue weighted by Gasteiger charge is -2.43. The standard InChI is InChI=1S/C27H27N3O5/c1-34-21-11-19(12-22(13-21)35-2)26(32)29-14-17-10-20(16-29)24-9-8-23(27(33)30(24)15-17)28-25(31)18-6-4-3-5-7-18/h3-9,11-13,17,20H,10,14-16H2,1-2H3,(H,28,31). The van der Waals surface area contributed by atoms with E-state index in [1.54, 1.807) is 67.3 Å². The van der Waals surface area contributed by atoms with E-state index < -0.39 is 0 Å². The van der Waals surface area contributed by atoms with Gasteiger partial charge in [-0.1, -0.05) is 18.2 Å². The first-order valence-electron chi connectivity index (χ1n) is 11.6. The zero-order chi connectivity index (χ0) is 24.5. The second-order valence-corrected chi connectivity index (χ2v) is 9.02. The molecule has 2 atom stereocenters. The minimum Gasteiger partial charge on any atom is -0.497 e. The molecule has 8 nitrogen and oxygen atoms in total. The molecule has 1 saturated heterocycles. The summed E-state index contributed by atoms with van der Waals surface area (Å²) in [5.41, 5.74) is 1.95. The summed E-state index contributed by atoms with van der Waals surface area (Å²) < 4.78 is 12.4. The summed E-state index contributed by atoms with van der Waals surface area (Å²) in [6, 6.07) is 17.5. The summed E-state index contributed by atoms with van der Waals surface area (Å²) in [7, 11) is 3.11. The van der Waals surface area contributed by atoms with Crippen LogP contribution < -0.4 is 20.3 Å². The predicted octanol–water partition coefficient (Wildman–Crippen LogP) is 3.38. The molecule has 0 aliphatic carbocycles. The molecule has 1 fully saturated rings. The lowest BCUT2D eigenvalue weighted by Crippen LogP contribution is -2.49. The lowest BCUT2D eigenvalue weighted by atomic mass is 9.83. The number of piperidine rings is 1. The highest BCUT2D eigenvalue weighted by molar-refractivity contribution is 6.04. The summed E-state index contributed by atoms with van der Waals surface area (Å²) in [5.74, 6) is 0.920. The van der Waals surface area contributed by atoms with Gasteiger partial charge in [0, 0.05) is 48.4 Å². The molecule has 2 aliphatic heterocycles. The molecule has 0 saturated carbocycles. The van der Waals surface area contributed by atoms with Crippen LogP contribution in [0.15, 0.2) is 65.5 Å². The number of nitrogens with one attached hydrogen (secondary N) is 1. The van der Waals surface area contributed by atoms with E-state index in [4.69, 9.17) is 9.47 Å². The predicted molar refractivity (Wildman–Crippen MR) is 131 cm³/mol. The Morgan fingerprint density at radius 1 is 0.886 bits per heavy atom. The molecule has 2 aliphatic rings. The minimum atomic E-state index is -0.315. The number of carbonyl (C=O) groups is 2. The second-order valence-electron chi connectivity index (χ2n) is 9.02. The van der Waals surface area contributed by atoms with Gasteiger partial charge >= 0.3 is 0 Å². The topological polar surface area (TPSA) is 89.9 Å². The Morgan fingerprint density at radius 2 is 1.60 bits per heavy atom. The number of rotatable bonds is 5. The SMILES string of the molecule is COc1cc(OC)cc(C(=O)N2CC3CC(C2)c2ccc(NC(=O)c4ccccc4)c(=O)n2C3)c1. The lowest BCUT2D eigenvalue weighted by molar-refractivity contribution is 0.0594. The Labute approximate surface area is 203 Å². The number of nitrogens with zero attached hydrogens (tertiary/aromatic N) is 2. The Kier molecular flexibility index (Phi) is 6.03. The van der Waals surface area contributed by atoms with Gasteiger partial charge < -0.3 is 24.3 Å². The average molecular weight is 474 g/mol. The van der Waals surface area contributed by atoms with Gasteiger partial charge in [0.05, 0.1) is 14.2 Å². The smallest absolute Gasteiger partial charge is 0.274 e. The molecule has 2 aromatic carbocycles. The van der Waals surface area contributed by atoms with Crippen molar-refractivity contribution in [3.8, 4) is 11.5 Å². The van der Waals surface area contributed by atoms with Gasteiger partial charge in [-0.2, -0.15) is 0 Å². The van der Waals surface area contributed by atoms with E-state index >= 15 is 0 Å². The van der Waals surface area contributed by atoms with Crippen LogP contribution >= 0.6 is 0 Å². The maximum atomic E-state index is 13.4. The zero-order valence-electron chi connectivity index (χ0n) is 19.7. The third-order valence-electron chi connectivity index (χ3n) is 6.77. The molecule has 5 rings (SSSR count). The first-order chi connectivity index (χ1) is 17.0. The van der Waals surface area contributed by atoms with Crippen LogP contribution in [-0.2, 0) is 6.54 Å². The van der Waals surface area contributed by atoms with Crippen LogP contribution in [0.3, 0.4) is 0 Å². The summed E-state index contributed by atoms with van der Waals surface area (Å²) in [4.78, 5) is 41.0. The molecule has 0 radical (unpaired) electrons. The van der Waals surface area contributed by atoms with Gasteiger partial charge in [0.1, 0.15) is 17.2 Å². The number of likely N-dealkylation sites (tertiary alicyclic amines) is 1. The number of pyridine rings is 1. The number of amides is 2. The fraction of sp³-hybridized carbons (Fsp3) is 0.296. The minimum absolute atomic E-state index is 0.0468. The van der Waals surface area contributed by atoms with E-state index in [2.05, 4.69) is 5.32 Å². The number of aromatic nitrogens is 1. The average Bonchev–Trinajstić information content (AvgIpc) is 2.90. The van der Waals surface area contributed by atoms with Crippen molar-refractivity contribution in [2.45, 2.75) is 18.9 Å². The molecule has 1 aromatic heterocycles. The van der Waals surface area contributed by atoms with Crippen molar-refractivity contribution in [2.24, 2.45) is 5.92 Å². The quantitative estimate of drug-likeness (QED) is 0.614. The van der Waals surface area contributed by atoms with Crippen molar-refractivity contribution in [1.82, 2.24) is 9.47 Å². The number of ether oxygens (including phenoxy) is 2. The molecular formula is C27H27N3O5. The molecule has 180 valence electrons. The summed E-state index contributed by atoms with van der Waals surface area (Å²) in [5, 5.41) is 2.75. The van der Waals surface area contributed by atoms with Crippen LogP contribution in [0.2, 0.25) is 0 Å². The number of benzene rings is 2. The van der Waals surface area contributed by atoms with Crippen LogP contribution in [0.5, 0.6) is 11.5 Å². The number of fused-ring (bicyclic) bond motifs is 4. The van der Waals surface area contributed by atoms with Crippen LogP contribution in [0.1, 0.15) is 38.7 Å². The fourth-order valence-electron chi connectivity index (χ4n) is 5.10. The molecule has 35 heavy (non-hydrogen) atoms. The number of hydrogen-bond donors (Lipinski definition) is 1. The van der Waals surface area contributed by atoms with E-state index in [-0.39, 0.29) is 34.9 Å². The van der Waals surface area contributed by atoms with Crippen LogP contribution in [0.25, 0.3) is 0 Å². The van der Waals surface area contributed by atoms with Crippen molar-refractivity contribution in [3.63, 3.8) is 0 Å². The maximum Gasteiger partial charge on any atom is 0.274 e. The Hall–Kier alpha value is -4.07. The van der Waals surface area contributed by atoms with Crippen LogP contribution in [0.4, 0.5) is 5.69 Å². The number of methoxy groups -OCH3 is 2. The second kappa shape index (κ2) is 9.29. The number of hydrogen-bond acceptors (Lipinski definition) is 5. The van der Waals surface area contributed by atoms with Gasteiger partial charge in [0.15, 0.2) is 0 Å². The number of carbonyl (C=O) groups excluding carboxylic acids is 2. The molecule has 2 bridgehead atoms. The van der Waals surface area contributed by atoms with Gasteiger partial charge in [-0.25, -0.2) is 0 Å². The molecule has 2 amide bonds. The highest BCUT2D eigenvalue weighted by atomic mass is 16.5. The van der Waals surface area contributed by atoms with Crippen molar-refractivity contribution < 1.29 is 19.1 Å². The van der Waals surface area contributed by atoms with E-state index in [1.165, 1.54) is 0 Å². The third kappa shape index (κ3) is 4.39. The molecule has 3 heterocycles. The molecule has 2 unspecified atom stereocenters. The first-order valence-corrected chi connectivity index (χ1v) is 11.6. The van der Waals surface area contributed by atoms with Gasteiger partial charge in [-0.05, 0) is 48.7 Å². The van der Waals surface area contributed by atoms with Crippen molar-refractivity contribution in [2.75, 3.05) is 32.6 Å². The molecule has 0 spiro atoms. The molecule has 8 heteroatoms. The van der Waals surface area contributed by atoms with E-state index in [1.807, 2.05) is 17.0 Å². The van der Waals surface area contributed by atoms with Gasteiger partial charge in [0.2, 0.25) is 0 Å². The summed E-state index contributed by atoms with van der Waals surface area (Å²) >= 11 is 0. The van der Waals surface area contributed by atoms with E-state index in [0.29, 0.717) is 42.3 Å². The normalized spacial score (nSPS) is 18.4. The zero-order valence-corrected chi connectivity index (χ0v) is 19.7. The van der Waals surface area contributed by atoms with Gasteiger partial charge in [0.25, 0.3) is 17.4 Å². The Bertz CT molecular complexity index is 1310. The highest BCUT2D eigenvalue weighted by Crippen LogP contribution is 2.36. The van der Waals surface area contributed by atoms with E-state index in [9.17, 15) is 14.4 Å². The van der Waals surface area contributed by atoms with Crippen molar-refractivity contribution in [1.29, 1.82) is 0 Å². The molecular weight excluding hydrogens is 446 g/mol. The number of anilines is 1. The Morgan fingerprint density at radius 3 is 2.29 bits per heavy atom. The van der Waals surface area contributed by atoms with Gasteiger partial charge in [-0.3, -0.25) is 14.4 Å². The van der Waals surface area contributed by atoms with Crippen molar-refractivity contribution >= 4 is 17.5 Å². The van der Waals surface area contributed by atoms with E-state index in [0.717, 1.165) is 12.1 Å². The van der Waals surface area contributed by atoms with Crippen LogP contribution in [-0.4, -0.2) is 48.6 Å². The Balaban J connectivity index is 1.38. The molecule has 1 N–H and O–H groups in total.